The molecule has 0 aromatic heterocycles. The van der Waals surface area contributed by atoms with E-state index >= 15 is 0 Å². The Morgan fingerprint density at radius 1 is 1.00 bits per heavy atom. The van der Waals surface area contributed by atoms with E-state index in [1.807, 2.05) is 36.4 Å². The minimum absolute atomic E-state index is 0.214. The summed E-state index contributed by atoms with van der Waals surface area (Å²) >= 11 is 0. The molecule has 0 saturated carbocycles. The predicted octanol–water partition coefficient (Wildman–Crippen LogP) is 4.53. The van der Waals surface area contributed by atoms with Crippen molar-refractivity contribution in [3.63, 3.8) is 0 Å². The van der Waals surface area contributed by atoms with Gasteiger partial charge in [0, 0.05) is 5.56 Å². The molecular formula is C15H13F. The van der Waals surface area contributed by atoms with E-state index in [4.69, 9.17) is 0 Å². The zero-order valence-electron chi connectivity index (χ0n) is 9.20. The maximum Gasteiger partial charge on any atom is 0.131 e. The Morgan fingerprint density at radius 2 is 1.69 bits per heavy atom. The molecule has 1 heteroatoms. The highest BCUT2D eigenvalue weighted by Gasteiger charge is 2.04. The fourth-order valence-electron chi connectivity index (χ4n) is 1.67. The quantitative estimate of drug-likeness (QED) is 0.686. The molecule has 2 aromatic carbocycles. The van der Waals surface area contributed by atoms with Gasteiger partial charge in [0.15, 0.2) is 0 Å². The van der Waals surface area contributed by atoms with Crippen LogP contribution in [0, 0.1) is 5.82 Å². The first-order valence-corrected chi connectivity index (χ1v) is 5.19. The molecule has 0 fully saturated rings. The van der Waals surface area contributed by atoms with Crippen LogP contribution in [0.25, 0.3) is 16.7 Å². The molecule has 0 nitrogen and oxygen atoms in total. The number of hydrogen-bond donors (Lipinski definition) is 0. The van der Waals surface area contributed by atoms with Gasteiger partial charge in [0.25, 0.3) is 0 Å². The van der Waals surface area contributed by atoms with Crippen LogP contribution in [0.3, 0.4) is 0 Å². The zero-order valence-corrected chi connectivity index (χ0v) is 9.20. The second-order valence-corrected chi connectivity index (χ2v) is 3.84. The van der Waals surface area contributed by atoms with E-state index in [0.717, 1.165) is 16.7 Å². The van der Waals surface area contributed by atoms with Gasteiger partial charge >= 0.3 is 0 Å². The molecule has 0 aliphatic carbocycles. The van der Waals surface area contributed by atoms with E-state index < -0.39 is 0 Å². The molecule has 0 atom stereocenters. The highest BCUT2D eigenvalue weighted by Crippen LogP contribution is 2.24. The van der Waals surface area contributed by atoms with Gasteiger partial charge < -0.3 is 0 Å². The molecule has 80 valence electrons. The number of halogens is 1. The lowest BCUT2D eigenvalue weighted by atomic mass is 10.0. The fourth-order valence-corrected chi connectivity index (χ4v) is 1.67. The van der Waals surface area contributed by atoms with Gasteiger partial charge in [-0.15, -0.1) is 0 Å². The first-order chi connectivity index (χ1) is 7.68. The lowest BCUT2D eigenvalue weighted by molar-refractivity contribution is 0.624. The van der Waals surface area contributed by atoms with E-state index in [-0.39, 0.29) is 5.82 Å². The van der Waals surface area contributed by atoms with Crippen LogP contribution in [0.2, 0.25) is 0 Å². The van der Waals surface area contributed by atoms with Gasteiger partial charge in [-0.25, -0.2) is 4.39 Å². The molecule has 0 heterocycles. The monoisotopic (exact) mass is 212 g/mol. The largest absolute Gasteiger partial charge is 0.206 e. The summed E-state index contributed by atoms with van der Waals surface area (Å²) in [6.45, 7) is 5.55. The lowest BCUT2D eigenvalue weighted by Crippen LogP contribution is -1.87. The Balaban J connectivity index is 2.46. The molecule has 0 unspecified atom stereocenters. The molecular weight excluding hydrogens is 199 g/mol. The highest BCUT2D eigenvalue weighted by molar-refractivity contribution is 5.69. The molecule has 0 spiro atoms. The van der Waals surface area contributed by atoms with Crippen molar-refractivity contribution in [2.24, 2.45) is 0 Å². The Labute approximate surface area is 95.1 Å². The van der Waals surface area contributed by atoms with Crippen molar-refractivity contribution in [3.05, 3.63) is 66.5 Å². The molecule has 0 N–H and O–H groups in total. The molecule has 0 radical (unpaired) electrons. The summed E-state index contributed by atoms with van der Waals surface area (Å²) in [6.07, 6.45) is 0. The number of hydrogen-bond acceptors (Lipinski definition) is 0. The summed E-state index contributed by atoms with van der Waals surface area (Å²) in [7, 11) is 0. The van der Waals surface area contributed by atoms with Crippen LogP contribution in [-0.4, -0.2) is 0 Å². The summed E-state index contributed by atoms with van der Waals surface area (Å²) in [5.74, 6) is -0.214. The normalized spacial score (nSPS) is 10.1. The second-order valence-electron chi connectivity index (χ2n) is 3.84. The summed E-state index contributed by atoms with van der Waals surface area (Å²) < 4.78 is 13.7. The number of rotatable bonds is 2. The van der Waals surface area contributed by atoms with Crippen molar-refractivity contribution >= 4 is 5.57 Å². The minimum Gasteiger partial charge on any atom is -0.206 e. The van der Waals surface area contributed by atoms with Crippen molar-refractivity contribution in [1.29, 1.82) is 0 Å². The third-order valence-corrected chi connectivity index (χ3v) is 2.54. The highest BCUT2D eigenvalue weighted by atomic mass is 19.1. The van der Waals surface area contributed by atoms with Crippen LogP contribution in [0.5, 0.6) is 0 Å². The van der Waals surface area contributed by atoms with E-state index in [0.29, 0.717) is 5.56 Å². The summed E-state index contributed by atoms with van der Waals surface area (Å²) in [5, 5.41) is 0. The zero-order chi connectivity index (χ0) is 11.5. The van der Waals surface area contributed by atoms with E-state index in [1.165, 1.54) is 0 Å². The SMILES string of the molecule is C=C(C)c1ccc(-c2ccccc2)cc1F. The molecule has 2 rings (SSSR count). The second kappa shape index (κ2) is 4.31. The van der Waals surface area contributed by atoms with Gasteiger partial charge in [-0.3, -0.25) is 0 Å². The molecule has 0 aliphatic heterocycles. The fraction of sp³-hybridized carbons (Fsp3) is 0.0667. The Kier molecular flexibility index (Phi) is 2.86. The topological polar surface area (TPSA) is 0 Å². The summed E-state index contributed by atoms with van der Waals surface area (Å²) in [5.41, 5.74) is 3.24. The number of allylic oxidation sites excluding steroid dienone is 1. The third kappa shape index (κ3) is 2.03. The van der Waals surface area contributed by atoms with Crippen molar-refractivity contribution in [3.8, 4) is 11.1 Å². The van der Waals surface area contributed by atoms with Crippen LogP contribution in [0.1, 0.15) is 12.5 Å². The van der Waals surface area contributed by atoms with Crippen LogP contribution in [0.15, 0.2) is 55.1 Å². The minimum atomic E-state index is -0.214. The standard InChI is InChI=1S/C15H13F/c1-11(2)14-9-8-13(10-15(14)16)12-6-4-3-5-7-12/h3-10H,1H2,2H3. The van der Waals surface area contributed by atoms with Gasteiger partial charge in [0.2, 0.25) is 0 Å². The van der Waals surface area contributed by atoms with Crippen LogP contribution in [0.4, 0.5) is 4.39 Å². The van der Waals surface area contributed by atoms with Gasteiger partial charge in [-0.2, -0.15) is 0 Å². The molecule has 0 bridgehead atoms. The van der Waals surface area contributed by atoms with Crippen molar-refractivity contribution in [1.82, 2.24) is 0 Å². The number of benzene rings is 2. The Hall–Kier alpha value is -1.89. The Bertz CT molecular complexity index is 512. The van der Waals surface area contributed by atoms with Gasteiger partial charge in [0.1, 0.15) is 5.82 Å². The van der Waals surface area contributed by atoms with Gasteiger partial charge in [0.05, 0.1) is 0 Å². The van der Waals surface area contributed by atoms with Crippen molar-refractivity contribution < 1.29 is 4.39 Å². The summed E-state index contributed by atoms with van der Waals surface area (Å²) in [6, 6.07) is 15.0. The summed E-state index contributed by atoms with van der Waals surface area (Å²) in [4.78, 5) is 0. The molecule has 16 heavy (non-hydrogen) atoms. The molecule has 0 amide bonds. The average Bonchev–Trinajstić information content (AvgIpc) is 2.29. The van der Waals surface area contributed by atoms with Crippen LogP contribution >= 0.6 is 0 Å². The van der Waals surface area contributed by atoms with Crippen molar-refractivity contribution in [2.45, 2.75) is 6.92 Å². The molecule has 0 aliphatic rings. The average molecular weight is 212 g/mol. The van der Waals surface area contributed by atoms with E-state index in [9.17, 15) is 4.39 Å². The third-order valence-electron chi connectivity index (χ3n) is 2.54. The first-order valence-electron chi connectivity index (χ1n) is 5.19. The van der Waals surface area contributed by atoms with Crippen LogP contribution in [-0.2, 0) is 0 Å². The maximum atomic E-state index is 13.7. The van der Waals surface area contributed by atoms with Gasteiger partial charge in [-0.1, -0.05) is 49.0 Å². The lowest BCUT2D eigenvalue weighted by Gasteiger charge is -2.05. The maximum absolute atomic E-state index is 13.7. The van der Waals surface area contributed by atoms with Gasteiger partial charge in [-0.05, 0) is 29.7 Å². The van der Waals surface area contributed by atoms with E-state index in [2.05, 4.69) is 6.58 Å². The Morgan fingerprint density at radius 3 is 2.25 bits per heavy atom. The smallest absolute Gasteiger partial charge is 0.131 e. The van der Waals surface area contributed by atoms with Crippen molar-refractivity contribution in [2.75, 3.05) is 0 Å². The van der Waals surface area contributed by atoms with E-state index in [1.54, 1.807) is 19.1 Å². The molecule has 2 aromatic rings. The van der Waals surface area contributed by atoms with Crippen LogP contribution < -0.4 is 0 Å². The molecule has 0 saturated heterocycles. The first kappa shape index (κ1) is 10.6. The predicted molar refractivity (Wildman–Crippen MR) is 66.5 cm³/mol.